The van der Waals surface area contributed by atoms with Crippen LogP contribution in [0.3, 0.4) is 0 Å². The maximum Gasteiger partial charge on any atom is 0.255 e. The highest BCUT2D eigenvalue weighted by Gasteiger charge is 2.33. The van der Waals surface area contributed by atoms with E-state index in [1.54, 1.807) is 25.3 Å². The summed E-state index contributed by atoms with van der Waals surface area (Å²) in [6.45, 7) is 0.602. The van der Waals surface area contributed by atoms with Crippen molar-refractivity contribution >= 4 is 5.91 Å². The monoisotopic (exact) mass is 293 g/mol. The molecule has 0 unspecified atom stereocenters. The van der Waals surface area contributed by atoms with Crippen LogP contribution >= 0.6 is 0 Å². The van der Waals surface area contributed by atoms with Crippen LogP contribution in [0.25, 0.3) is 0 Å². The van der Waals surface area contributed by atoms with Gasteiger partial charge in [0.1, 0.15) is 11.5 Å². The van der Waals surface area contributed by atoms with Gasteiger partial charge in [0, 0.05) is 12.0 Å². The summed E-state index contributed by atoms with van der Waals surface area (Å²) < 4.78 is 10.4. The number of carbonyl (C=O) groups is 1. The number of rotatable bonds is 6. The second-order valence-electron chi connectivity index (χ2n) is 5.61. The lowest BCUT2D eigenvalue weighted by Crippen LogP contribution is -2.38. The summed E-state index contributed by atoms with van der Waals surface area (Å²) in [6.07, 6.45) is 4.13. The Balaban J connectivity index is 2.09. The van der Waals surface area contributed by atoms with Crippen molar-refractivity contribution in [3.63, 3.8) is 0 Å². The van der Waals surface area contributed by atoms with Crippen LogP contribution in [0.2, 0.25) is 0 Å². The zero-order chi connectivity index (χ0) is 15.3. The molecule has 0 atom stereocenters. The molecule has 0 aromatic heterocycles. The lowest BCUT2D eigenvalue weighted by molar-refractivity contribution is 0.0877. The molecule has 1 amide bonds. The third kappa shape index (κ3) is 3.47. The summed E-state index contributed by atoms with van der Waals surface area (Å²) in [5.74, 6) is 0.918. The lowest BCUT2D eigenvalue weighted by Gasteiger charge is -2.26. The van der Waals surface area contributed by atoms with Gasteiger partial charge in [-0.05, 0) is 31.0 Å². The summed E-state index contributed by atoms with van der Waals surface area (Å²) in [6, 6.07) is 5.13. The van der Waals surface area contributed by atoms with Crippen molar-refractivity contribution in [1.29, 1.82) is 0 Å². The largest absolute Gasteiger partial charge is 0.497 e. The molecule has 1 aliphatic rings. The minimum absolute atomic E-state index is 0.114. The number of nitrogens with one attached hydrogen (secondary N) is 1. The van der Waals surface area contributed by atoms with E-state index in [1.807, 2.05) is 0 Å². The normalized spacial score (nSPS) is 16.5. The van der Waals surface area contributed by atoms with Gasteiger partial charge in [0.05, 0.1) is 26.4 Å². The molecule has 0 spiro atoms. The Kier molecular flexibility index (Phi) is 5.07. The molecule has 1 aromatic rings. The van der Waals surface area contributed by atoms with Crippen molar-refractivity contribution in [1.82, 2.24) is 5.32 Å². The number of methoxy groups -OCH3 is 2. The molecule has 0 bridgehead atoms. The van der Waals surface area contributed by atoms with Crippen LogP contribution in [-0.4, -0.2) is 38.4 Å². The Bertz CT molecular complexity index is 495. The van der Waals surface area contributed by atoms with Crippen molar-refractivity contribution in [3.05, 3.63) is 23.8 Å². The summed E-state index contributed by atoms with van der Waals surface area (Å²) in [5, 5.41) is 12.5. The summed E-state index contributed by atoms with van der Waals surface area (Å²) in [7, 11) is 3.09. The van der Waals surface area contributed by atoms with Crippen molar-refractivity contribution < 1.29 is 19.4 Å². The molecular formula is C16H23NO4. The van der Waals surface area contributed by atoms with E-state index < -0.39 is 0 Å². The van der Waals surface area contributed by atoms with Crippen LogP contribution in [-0.2, 0) is 0 Å². The van der Waals surface area contributed by atoms with Crippen LogP contribution in [0, 0.1) is 5.41 Å². The molecule has 1 aromatic carbocycles. The number of ether oxygens (including phenoxy) is 2. The average Bonchev–Trinajstić information content (AvgIpc) is 3.01. The summed E-state index contributed by atoms with van der Waals surface area (Å²) in [4.78, 5) is 12.4. The van der Waals surface area contributed by atoms with Gasteiger partial charge in [0.25, 0.3) is 5.91 Å². The fourth-order valence-corrected chi connectivity index (χ4v) is 2.87. The molecule has 2 N–H and O–H groups in total. The van der Waals surface area contributed by atoms with E-state index in [0.29, 0.717) is 23.6 Å². The predicted octanol–water partition coefficient (Wildman–Crippen LogP) is 1.99. The van der Waals surface area contributed by atoms with E-state index in [0.717, 1.165) is 25.7 Å². The number of aliphatic hydroxyl groups excluding tert-OH is 1. The van der Waals surface area contributed by atoms with Gasteiger partial charge in [-0.25, -0.2) is 0 Å². The number of benzene rings is 1. The highest BCUT2D eigenvalue weighted by molar-refractivity contribution is 5.97. The lowest BCUT2D eigenvalue weighted by atomic mass is 9.87. The molecule has 116 valence electrons. The molecule has 0 radical (unpaired) electrons. The fourth-order valence-electron chi connectivity index (χ4n) is 2.87. The van der Waals surface area contributed by atoms with E-state index in [4.69, 9.17) is 9.47 Å². The SMILES string of the molecule is COc1ccc(OC)c(C(=O)NCC2(CO)CCCC2)c1. The minimum Gasteiger partial charge on any atom is -0.497 e. The van der Waals surface area contributed by atoms with Crippen LogP contribution < -0.4 is 14.8 Å². The Morgan fingerprint density at radius 3 is 2.57 bits per heavy atom. The molecule has 1 fully saturated rings. The zero-order valence-electron chi connectivity index (χ0n) is 12.6. The highest BCUT2D eigenvalue weighted by Crippen LogP contribution is 2.37. The molecular weight excluding hydrogens is 270 g/mol. The van der Waals surface area contributed by atoms with Crippen LogP contribution in [0.4, 0.5) is 0 Å². The molecule has 0 heterocycles. The zero-order valence-corrected chi connectivity index (χ0v) is 12.6. The standard InChI is InChI=1S/C16H23NO4/c1-20-12-5-6-14(21-2)13(9-12)15(19)17-10-16(11-18)7-3-4-8-16/h5-6,9,18H,3-4,7-8,10-11H2,1-2H3,(H,17,19). The summed E-state index contributed by atoms with van der Waals surface area (Å²) >= 11 is 0. The second kappa shape index (κ2) is 6.80. The third-order valence-corrected chi connectivity index (χ3v) is 4.27. The molecule has 5 heteroatoms. The van der Waals surface area contributed by atoms with Gasteiger partial charge >= 0.3 is 0 Å². The molecule has 5 nitrogen and oxygen atoms in total. The number of amides is 1. The number of hydrogen-bond donors (Lipinski definition) is 2. The molecule has 1 aliphatic carbocycles. The first-order valence-electron chi connectivity index (χ1n) is 7.25. The van der Waals surface area contributed by atoms with Crippen molar-refractivity contribution in [2.24, 2.45) is 5.41 Å². The minimum atomic E-state index is -0.203. The van der Waals surface area contributed by atoms with Crippen LogP contribution in [0.1, 0.15) is 36.0 Å². The van der Waals surface area contributed by atoms with E-state index in [9.17, 15) is 9.90 Å². The molecule has 0 aliphatic heterocycles. The Labute approximate surface area is 125 Å². The Morgan fingerprint density at radius 2 is 2.00 bits per heavy atom. The number of aliphatic hydroxyl groups is 1. The van der Waals surface area contributed by atoms with Gasteiger partial charge in [-0.3, -0.25) is 4.79 Å². The average molecular weight is 293 g/mol. The van der Waals surface area contributed by atoms with E-state index in [-0.39, 0.29) is 17.9 Å². The van der Waals surface area contributed by atoms with E-state index in [1.165, 1.54) is 7.11 Å². The molecule has 0 saturated heterocycles. The Hall–Kier alpha value is -1.75. The van der Waals surface area contributed by atoms with Gasteiger partial charge in [0.2, 0.25) is 0 Å². The van der Waals surface area contributed by atoms with E-state index >= 15 is 0 Å². The smallest absolute Gasteiger partial charge is 0.255 e. The van der Waals surface area contributed by atoms with Crippen molar-refractivity contribution in [3.8, 4) is 11.5 Å². The molecule has 21 heavy (non-hydrogen) atoms. The summed E-state index contributed by atoms with van der Waals surface area (Å²) in [5.41, 5.74) is 0.282. The third-order valence-electron chi connectivity index (χ3n) is 4.27. The number of hydrogen-bond acceptors (Lipinski definition) is 4. The second-order valence-corrected chi connectivity index (χ2v) is 5.61. The fraction of sp³-hybridized carbons (Fsp3) is 0.562. The van der Waals surface area contributed by atoms with Gasteiger partial charge in [-0.1, -0.05) is 12.8 Å². The topological polar surface area (TPSA) is 67.8 Å². The molecule has 1 saturated carbocycles. The van der Waals surface area contributed by atoms with Gasteiger partial charge in [0.15, 0.2) is 0 Å². The predicted molar refractivity (Wildman–Crippen MR) is 79.9 cm³/mol. The Morgan fingerprint density at radius 1 is 1.29 bits per heavy atom. The van der Waals surface area contributed by atoms with Crippen molar-refractivity contribution in [2.45, 2.75) is 25.7 Å². The number of carbonyl (C=O) groups excluding carboxylic acids is 1. The maximum absolute atomic E-state index is 12.4. The maximum atomic E-state index is 12.4. The van der Waals surface area contributed by atoms with Gasteiger partial charge in [-0.2, -0.15) is 0 Å². The van der Waals surface area contributed by atoms with Crippen molar-refractivity contribution in [2.75, 3.05) is 27.4 Å². The van der Waals surface area contributed by atoms with Gasteiger partial charge in [-0.15, -0.1) is 0 Å². The molecule has 2 rings (SSSR count). The first-order valence-corrected chi connectivity index (χ1v) is 7.25. The highest BCUT2D eigenvalue weighted by atomic mass is 16.5. The van der Waals surface area contributed by atoms with Gasteiger partial charge < -0.3 is 19.9 Å². The first kappa shape index (κ1) is 15.6. The van der Waals surface area contributed by atoms with Crippen LogP contribution in [0.5, 0.6) is 11.5 Å². The van der Waals surface area contributed by atoms with Crippen LogP contribution in [0.15, 0.2) is 18.2 Å². The quantitative estimate of drug-likeness (QED) is 0.841. The van der Waals surface area contributed by atoms with E-state index in [2.05, 4.69) is 5.32 Å². The first-order chi connectivity index (χ1) is 10.1.